The highest BCUT2D eigenvalue weighted by Crippen LogP contribution is 2.28. The molecule has 0 saturated heterocycles. The first-order valence-electron chi connectivity index (χ1n) is 5.91. The number of benzene rings is 1. The summed E-state index contributed by atoms with van der Waals surface area (Å²) >= 11 is 2.10. The van der Waals surface area contributed by atoms with Crippen molar-refractivity contribution >= 4 is 41.7 Å². The van der Waals surface area contributed by atoms with Gasteiger partial charge in [-0.1, -0.05) is 12.1 Å². The zero-order chi connectivity index (χ0) is 14.8. The summed E-state index contributed by atoms with van der Waals surface area (Å²) in [5.41, 5.74) is 7.75. The molecule has 104 valence electrons. The Hall–Kier alpha value is -1.92. The van der Waals surface area contributed by atoms with Gasteiger partial charge in [-0.2, -0.15) is 4.98 Å². The maximum absolute atomic E-state index is 9.93. The molecule has 2 aromatic heterocycles. The minimum atomic E-state index is 0.171. The maximum Gasteiger partial charge on any atom is 0.237 e. The Labute approximate surface area is 137 Å². The van der Waals surface area contributed by atoms with Crippen LogP contribution in [0.3, 0.4) is 0 Å². The highest BCUT2D eigenvalue weighted by atomic mass is 127. The van der Waals surface area contributed by atoms with Gasteiger partial charge in [0.05, 0.1) is 5.69 Å². The van der Waals surface area contributed by atoms with Crippen molar-refractivity contribution in [2.24, 2.45) is 0 Å². The molecule has 1 aromatic carbocycles. The van der Waals surface area contributed by atoms with Crippen LogP contribution in [0.5, 0.6) is 5.75 Å². The molecule has 2 heterocycles. The molecule has 0 radical (unpaired) electrons. The second-order valence-electron chi connectivity index (χ2n) is 4.18. The minimum absolute atomic E-state index is 0.171. The fourth-order valence-corrected chi connectivity index (χ4v) is 2.45. The van der Waals surface area contributed by atoms with E-state index in [4.69, 9.17) is 5.73 Å². The van der Waals surface area contributed by atoms with Gasteiger partial charge in [0.25, 0.3) is 0 Å². The molecule has 0 unspecified atom stereocenters. The highest BCUT2D eigenvalue weighted by Gasteiger charge is 2.11. The molecule has 3 aromatic rings. The summed E-state index contributed by atoms with van der Waals surface area (Å²) < 4.78 is 1.76. The van der Waals surface area contributed by atoms with Gasteiger partial charge < -0.3 is 10.8 Å². The zero-order valence-corrected chi connectivity index (χ0v) is 13.6. The summed E-state index contributed by atoms with van der Waals surface area (Å²) in [6.07, 6.45) is 1.79. The number of phenols is 1. The molecular weight excluding hydrogens is 399 g/mol. The number of aromatic hydroxyl groups is 1. The van der Waals surface area contributed by atoms with E-state index in [0.717, 1.165) is 0 Å². The SMILES string of the molecule is Nc1cc(C#CSI)n2cc(-c3ccccc3O)nc2n1. The molecule has 21 heavy (non-hydrogen) atoms. The predicted octanol–water partition coefficient (Wildman–Crippen LogP) is 3.08. The molecule has 0 bridgehead atoms. The van der Waals surface area contributed by atoms with Crippen molar-refractivity contribution in [2.75, 3.05) is 5.73 Å². The van der Waals surface area contributed by atoms with Gasteiger partial charge in [0.2, 0.25) is 5.78 Å². The van der Waals surface area contributed by atoms with Crippen molar-refractivity contribution in [1.29, 1.82) is 0 Å². The van der Waals surface area contributed by atoms with Crippen molar-refractivity contribution in [3.05, 3.63) is 42.2 Å². The van der Waals surface area contributed by atoms with E-state index in [-0.39, 0.29) is 5.75 Å². The third-order valence-electron chi connectivity index (χ3n) is 2.86. The maximum atomic E-state index is 9.93. The lowest BCUT2D eigenvalue weighted by atomic mass is 10.1. The van der Waals surface area contributed by atoms with Crippen molar-refractivity contribution in [2.45, 2.75) is 0 Å². The first kappa shape index (κ1) is 14.0. The predicted molar refractivity (Wildman–Crippen MR) is 93.0 cm³/mol. The number of hydrogen-bond donors (Lipinski definition) is 2. The lowest BCUT2D eigenvalue weighted by molar-refractivity contribution is 0.477. The van der Waals surface area contributed by atoms with E-state index in [1.54, 1.807) is 34.9 Å². The van der Waals surface area contributed by atoms with Crippen LogP contribution in [-0.4, -0.2) is 19.5 Å². The van der Waals surface area contributed by atoms with Crippen molar-refractivity contribution in [3.63, 3.8) is 0 Å². The Kier molecular flexibility index (Phi) is 3.90. The van der Waals surface area contributed by atoms with Crippen molar-refractivity contribution in [1.82, 2.24) is 14.4 Å². The number of phenolic OH excluding ortho intramolecular Hbond substituents is 1. The fraction of sp³-hybridized carbons (Fsp3) is 0. The quantitative estimate of drug-likeness (QED) is 0.478. The van der Waals surface area contributed by atoms with Gasteiger partial charge in [0, 0.05) is 39.0 Å². The third kappa shape index (κ3) is 2.77. The van der Waals surface area contributed by atoms with E-state index in [1.807, 2.05) is 6.07 Å². The molecule has 7 heteroatoms. The molecule has 0 saturated carbocycles. The second-order valence-corrected chi connectivity index (χ2v) is 5.86. The third-order valence-corrected chi connectivity index (χ3v) is 3.70. The minimum Gasteiger partial charge on any atom is -0.507 e. The number of nitrogens with two attached hydrogens (primary N) is 1. The number of para-hydroxylation sites is 1. The van der Waals surface area contributed by atoms with Gasteiger partial charge in [0.1, 0.15) is 17.3 Å². The number of imidazole rings is 1. The smallest absolute Gasteiger partial charge is 0.237 e. The molecule has 0 spiro atoms. The summed E-state index contributed by atoms with van der Waals surface area (Å²) in [5, 5.41) is 12.8. The van der Waals surface area contributed by atoms with E-state index in [0.29, 0.717) is 28.5 Å². The van der Waals surface area contributed by atoms with Gasteiger partial charge in [0.15, 0.2) is 0 Å². The van der Waals surface area contributed by atoms with Crippen LogP contribution < -0.4 is 5.73 Å². The molecule has 0 fully saturated rings. The number of hydrogen-bond acceptors (Lipinski definition) is 5. The van der Waals surface area contributed by atoms with Crippen LogP contribution >= 0.6 is 30.1 Å². The van der Waals surface area contributed by atoms with Crippen LogP contribution in [-0.2, 0) is 0 Å². The van der Waals surface area contributed by atoms with Gasteiger partial charge in [-0.25, -0.2) is 4.98 Å². The Morgan fingerprint density at radius 3 is 2.86 bits per heavy atom. The summed E-state index contributed by atoms with van der Waals surface area (Å²) in [4.78, 5) is 8.60. The second kappa shape index (κ2) is 5.83. The van der Waals surface area contributed by atoms with Crippen LogP contribution in [0.1, 0.15) is 5.69 Å². The molecule has 0 amide bonds. The number of fused-ring (bicyclic) bond motifs is 1. The summed E-state index contributed by atoms with van der Waals surface area (Å²) in [6.45, 7) is 0. The summed E-state index contributed by atoms with van der Waals surface area (Å²) in [6, 6.07) is 8.72. The lowest BCUT2D eigenvalue weighted by Crippen LogP contribution is -1.98. The average molecular weight is 408 g/mol. The topological polar surface area (TPSA) is 76.4 Å². The van der Waals surface area contributed by atoms with E-state index in [1.165, 1.54) is 8.93 Å². The Morgan fingerprint density at radius 1 is 1.29 bits per heavy atom. The molecule has 3 N–H and O–H groups in total. The number of nitrogens with zero attached hydrogens (tertiary/aromatic N) is 3. The molecular formula is C14H9IN4OS. The molecule has 3 rings (SSSR count). The van der Waals surface area contributed by atoms with Crippen LogP contribution in [0.4, 0.5) is 5.82 Å². The zero-order valence-electron chi connectivity index (χ0n) is 10.6. The molecule has 0 aliphatic rings. The summed E-state index contributed by atoms with van der Waals surface area (Å²) in [7, 11) is 1.39. The average Bonchev–Trinajstić information content (AvgIpc) is 2.88. The summed E-state index contributed by atoms with van der Waals surface area (Å²) in [5.74, 6) is 3.99. The van der Waals surface area contributed by atoms with E-state index in [9.17, 15) is 5.11 Å². The van der Waals surface area contributed by atoms with E-state index in [2.05, 4.69) is 42.3 Å². The number of nitrogen functional groups attached to an aromatic ring is 1. The lowest BCUT2D eigenvalue weighted by Gasteiger charge is -1.99. The van der Waals surface area contributed by atoms with Crippen LogP contribution in [0.15, 0.2) is 36.5 Å². The molecule has 0 aliphatic carbocycles. The van der Waals surface area contributed by atoms with E-state index >= 15 is 0 Å². The van der Waals surface area contributed by atoms with Crippen LogP contribution in [0.25, 0.3) is 17.0 Å². The Balaban J connectivity index is 2.23. The van der Waals surface area contributed by atoms with Crippen molar-refractivity contribution < 1.29 is 5.11 Å². The largest absolute Gasteiger partial charge is 0.507 e. The first-order chi connectivity index (χ1) is 10.2. The van der Waals surface area contributed by atoms with Gasteiger partial charge in [-0.3, -0.25) is 4.40 Å². The van der Waals surface area contributed by atoms with E-state index < -0.39 is 0 Å². The van der Waals surface area contributed by atoms with Gasteiger partial charge in [-0.05, 0) is 32.2 Å². The number of rotatable bonds is 1. The van der Waals surface area contributed by atoms with Crippen LogP contribution in [0.2, 0.25) is 0 Å². The Bertz CT molecular complexity index is 882. The van der Waals surface area contributed by atoms with Gasteiger partial charge >= 0.3 is 0 Å². The number of aromatic nitrogens is 3. The standard InChI is InChI=1S/C14H9IN4OS/c15-21-6-5-9-7-13(16)18-14-17-11(8-19(9)14)10-3-1-2-4-12(10)20/h1-4,7-8,20H,(H2,16,17,18). The Morgan fingerprint density at radius 2 is 2.10 bits per heavy atom. The number of halogens is 1. The number of anilines is 1. The van der Waals surface area contributed by atoms with Crippen LogP contribution in [0, 0.1) is 11.2 Å². The fourth-order valence-electron chi connectivity index (χ4n) is 1.97. The monoisotopic (exact) mass is 408 g/mol. The molecule has 5 nitrogen and oxygen atoms in total. The molecule has 0 aliphatic heterocycles. The normalized spacial score (nSPS) is 10.3. The van der Waals surface area contributed by atoms with Crippen molar-refractivity contribution in [3.8, 4) is 28.2 Å². The van der Waals surface area contributed by atoms with Gasteiger partial charge in [-0.15, -0.1) is 0 Å². The first-order valence-corrected chi connectivity index (χ1v) is 9.27. The highest BCUT2D eigenvalue weighted by molar-refractivity contribution is 14.2. The molecule has 0 atom stereocenters.